The first kappa shape index (κ1) is 15.8. The average molecular weight is 317 g/mol. The maximum atomic E-state index is 12.2. The van der Waals surface area contributed by atoms with Crippen LogP contribution in [0.5, 0.6) is 0 Å². The highest BCUT2D eigenvalue weighted by atomic mass is 16.4. The molecule has 0 aromatic carbocycles. The van der Waals surface area contributed by atoms with Crippen LogP contribution in [-0.2, 0) is 24.2 Å². The van der Waals surface area contributed by atoms with Crippen molar-refractivity contribution in [3.8, 4) is 0 Å². The van der Waals surface area contributed by atoms with E-state index in [0.29, 0.717) is 26.1 Å². The van der Waals surface area contributed by atoms with Gasteiger partial charge in [-0.3, -0.25) is 9.78 Å². The molecule has 1 aliphatic heterocycles. The highest BCUT2D eigenvalue weighted by Gasteiger charge is 2.28. The van der Waals surface area contributed by atoms with Crippen molar-refractivity contribution in [1.29, 1.82) is 0 Å². The SMILES string of the molecule is O=C(O)C1CCCN(C(=O)NCc2ccc3c(n2)CCCC3)C1. The fourth-order valence-electron chi connectivity index (χ4n) is 3.37. The van der Waals surface area contributed by atoms with Crippen molar-refractivity contribution >= 4 is 12.0 Å². The summed E-state index contributed by atoms with van der Waals surface area (Å²) in [6.45, 7) is 1.30. The standard InChI is InChI=1S/C17H23N3O3/c21-16(22)13-5-3-9-20(11-13)17(23)18-10-14-8-7-12-4-1-2-6-15(12)19-14/h7-8,13H,1-6,9-11H2,(H,18,23)(H,21,22). The van der Waals surface area contributed by atoms with Gasteiger partial charge in [0.25, 0.3) is 0 Å². The van der Waals surface area contributed by atoms with Gasteiger partial charge < -0.3 is 15.3 Å². The third-order valence-corrected chi connectivity index (χ3v) is 4.71. The number of hydrogen-bond donors (Lipinski definition) is 2. The Morgan fingerprint density at radius 1 is 1.26 bits per heavy atom. The number of piperidine rings is 1. The second kappa shape index (κ2) is 6.98. The van der Waals surface area contributed by atoms with E-state index in [0.717, 1.165) is 30.7 Å². The van der Waals surface area contributed by atoms with Gasteiger partial charge in [0.2, 0.25) is 0 Å². The van der Waals surface area contributed by atoms with Gasteiger partial charge in [0, 0.05) is 18.8 Å². The maximum absolute atomic E-state index is 12.2. The van der Waals surface area contributed by atoms with Gasteiger partial charge in [-0.05, 0) is 50.2 Å². The van der Waals surface area contributed by atoms with Crippen molar-refractivity contribution in [1.82, 2.24) is 15.2 Å². The molecule has 6 heteroatoms. The van der Waals surface area contributed by atoms with E-state index in [1.54, 1.807) is 4.90 Å². The molecule has 0 radical (unpaired) electrons. The number of carbonyl (C=O) groups is 2. The number of amides is 2. The Kier molecular flexibility index (Phi) is 4.79. The molecule has 2 amide bonds. The molecule has 0 bridgehead atoms. The number of hydrogen-bond acceptors (Lipinski definition) is 3. The Morgan fingerprint density at radius 3 is 2.91 bits per heavy atom. The maximum Gasteiger partial charge on any atom is 0.317 e. The van der Waals surface area contributed by atoms with Crippen molar-refractivity contribution in [2.75, 3.05) is 13.1 Å². The van der Waals surface area contributed by atoms with E-state index in [4.69, 9.17) is 5.11 Å². The van der Waals surface area contributed by atoms with Crippen LogP contribution in [-0.4, -0.2) is 40.1 Å². The van der Waals surface area contributed by atoms with Crippen LogP contribution >= 0.6 is 0 Å². The number of nitrogens with one attached hydrogen (secondary N) is 1. The zero-order valence-corrected chi connectivity index (χ0v) is 13.3. The number of aromatic nitrogens is 1. The largest absolute Gasteiger partial charge is 0.481 e. The first-order chi connectivity index (χ1) is 11.1. The third-order valence-electron chi connectivity index (χ3n) is 4.71. The molecule has 1 aliphatic carbocycles. The van der Waals surface area contributed by atoms with Gasteiger partial charge in [-0.2, -0.15) is 0 Å². The monoisotopic (exact) mass is 317 g/mol. The summed E-state index contributed by atoms with van der Waals surface area (Å²) in [7, 11) is 0. The van der Waals surface area contributed by atoms with Crippen LogP contribution in [0.4, 0.5) is 4.79 Å². The summed E-state index contributed by atoms with van der Waals surface area (Å²) in [5.41, 5.74) is 3.35. The quantitative estimate of drug-likeness (QED) is 0.893. The van der Waals surface area contributed by atoms with E-state index in [9.17, 15) is 9.59 Å². The minimum absolute atomic E-state index is 0.199. The molecular weight excluding hydrogens is 294 g/mol. The highest BCUT2D eigenvalue weighted by Crippen LogP contribution is 2.20. The first-order valence-electron chi connectivity index (χ1n) is 8.37. The van der Waals surface area contributed by atoms with Crippen LogP contribution in [0.3, 0.4) is 0 Å². The Labute approximate surface area is 135 Å². The van der Waals surface area contributed by atoms with Gasteiger partial charge in [0.05, 0.1) is 18.2 Å². The van der Waals surface area contributed by atoms with Gasteiger partial charge >= 0.3 is 12.0 Å². The molecule has 0 saturated carbocycles. The van der Waals surface area contributed by atoms with E-state index in [-0.39, 0.29) is 6.03 Å². The fraction of sp³-hybridized carbons (Fsp3) is 0.588. The lowest BCUT2D eigenvalue weighted by Gasteiger charge is -2.30. The van der Waals surface area contributed by atoms with Crippen molar-refractivity contribution in [3.05, 3.63) is 29.1 Å². The van der Waals surface area contributed by atoms with E-state index in [1.165, 1.54) is 18.4 Å². The van der Waals surface area contributed by atoms with Gasteiger partial charge in [0.1, 0.15) is 0 Å². The van der Waals surface area contributed by atoms with E-state index in [2.05, 4.69) is 16.4 Å². The van der Waals surface area contributed by atoms with Crippen LogP contribution in [0, 0.1) is 5.92 Å². The minimum atomic E-state index is -0.821. The number of carbonyl (C=O) groups excluding carboxylic acids is 1. The molecule has 0 spiro atoms. The summed E-state index contributed by atoms with van der Waals surface area (Å²) in [5.74, 6) is -1.27. The molecule has 1 unspecified atom stereocenters. The number of aliphatic carboxylic acids is 1. The molecular formula is C17H23N3O3. The Bertz CT molecular complexity index is 603. The van der Waals surface area contributed by atoms with Crippen LogP contribution in [0.1, 0.15) is 42.6 Å². The Balaban J connectivity index is 1.55. The lowest BCUT2D eigenvalue weighted by Crippen LogP contribution is -2.46. The predicted molar refractivity (Wildman–Crippen MR) is 85.0 cm³/mol. The number of pyridine rings is 1. The lowest BCUT2D eigenvalue weighted by molar-refractivity contribution is -0.143. The van der Waals surface area contributed by atoms with Crippen LogP contribution in [0.25, 0.3) is 0 Å². The number of likely N-dealkylation sites (tertiary alicyclic amines) is 1. The van der Waals surface area contributed by atoms with Gasteiger partial charge in [0.15, 0.2) is 0 Å². The van der Waals surface area contributed by atoms with Crippen LogP contribution in [0.2, 0.25) is 0 Å². The number of fused-ring (bicyclic) bond motifs is 1. The molecule has 3 rings (SSSR count). The minimum Gasteiger partial charge on any atom is -0.481 e. The molecule has 2 N–H and O–H groups in total. The smallest absolute Gasteiger partial charge is 0.317 e. The number of carboxylic acid groups (broad SMARTS) is 1. The van der Waals surface area contributed by atoms with Crippen molar-refractivity contribution in [2.24, 2.45) is 5.92 Å². The summed E-state index contributed by atoms with van der Waals surface area (Å²) < 4.78 is 0. The van der Waals surface area contributed by atoms with E-state index in [1.807, 2.05) is 6.07 Å². The summed E-state index contributed by atoms with van der Waals surface area (Å²) >= 11 is 0. The molecule has 6 nitrogen and oxygen atoms in total. The molecule has 23 heavy (non-hydrogen) atoms. The third kappa shape index (κ3) is 3.81. The van der Waals surface area contributed by atoms with Gasteiger partial charge in [-0.15, -0.1) is 0 Å². The molecule has 2 heterocycles. The summed E-state index contributed by atoms with van der Waals surface area (Å²) in [6.07, 6.45) is 5.90. The van der Waals surface area contributed by atoms with Crippen LogP contribution < -0.4 is 5.32 Å². The van der Waals surface area contributed by atoms with E-state index >= 15 is 0 Å². The average Bonchev–Trinajstić information content (AvgIpc) is 2.59. The topological polar surface area (TPSA) is 82.5 Å². The number of rotatable bonds is 3. The van der Waals surface area contributed by atoms with Crippen molar-refractivity contribution in [2.45, 2.75) is 45.1 Å². The summed E-state index contributed by atoms with van der Waals surface area (Å²) in [5, 5.41) is 12.0. The number of aryl methyl sites for hydroxylation is 2. The number of urea groups is 1. The molecule has 1 aromatic heterocycles. The lowest BCUT2D eigenvalue weighted by atomic mass is 9.96. The second-order valence-corrected chi connectivity index (χ2v) is 6.40. The first-order valence-corrected chi connectivity index (χ1v) is 8.37. The van der Waals surface area contributed by atoms with Crippen molar-refractivity contribution in [3.63, 3.8) is 0 Å². The molecule has 1 saturated heterocycles. The fourth-order valence-corrected chi connectivity index (χ4v) is 3.37. The molecule has 1 aromatic rings. The van der Waals surface area contributed by atoms with Crippen molar-refractivity contribution < 1.29 is 14.7 Å². The normalized spacial score (nSPS) is 20.7. The van der Waals surface area contributed by atoms with Gasteiger partial charge in [-0.1, -0.05) is 6.07 Å². The summed E-state index contributed by atoms with van der Waals surface area (Å²) in [6, 6.07) is 3.89. The summed E-state index contributed by atoms with van der Waals surface area (Å²) in [4.78, 5) is 29.5. The number of carboxylic acids is 1. The highest BCUT2D eigenvalue weighted by molar-refractivity contribution is 5.76. The number of nitrogens with zero attached hydrogens (tertiary/aromatic N) is 2. The van der Waals surface area contributed by atoms with Crippen LogP contribution in [0.15, 0.2) is 12.1 Å². The molecule has 124 valence electrons. The molecule has 2 aliphatic rings. The second-order valence-electron chi connectivity index (χ2n) is 6.40. The van der Waals surface area contributed by atoms with Gasteiger partial charge in [-0.25, -0.2) is 4.79 Å². The van der Waals surface area contributed by atoms with E-state index < -0.39 is 11.9 Å². The zero-order valence-electron chi connectivity index (χ0n) is 13.3. The Hall–Kier alpha value is -2.11. The molecule has 1 fully saturated rings. The molecule has 1 atom stereocenters. The zero-order chi connectivity index (χ0) is 16.2. The Morgan fingerprint density at radius 2 is 2.09 bits per heavy atom. The predicted octanol–water partition coefficient (Wildman–Crippen LogP) is 1.97.